The number of hydrogen-bond acceptors (Lipinski definition) is 7. The van der Waals surface area contributed by atoms with E-state index in [9.17, 15) is 14.9 Å². The van der Waals surface area contributed by atoms with Gasteiger partial charge in [0.1, 0.15) is 0 Å². The van der Waals surface area contributed by atoms with Gasteiger partial charge >= 0.3 is 0 Å². The lowest BCUT2D eigenvalue weighted by Crippen LogP contribution is -2.48. The number of non-ortho nitro benzene ring substituents is 1. The van der Waals surface area contributed by atoms with Gasteiger partial charge < -0.3 is 9.80 Å². The summed E-state index contributed by atoms with van der Waals surface area (Å²) in [6.45, 7) is 2.84. The molecule has 0 spiro atoms. The van der Waals surface area contributed by atoms with E-state index in [0.29, 0.717) is 19.5 Å². The molecule has 0 atom stereocenters. The zero-order valence-electron chi connectivity index (χ0n) is 17.1. The summed E-state index contributed by atoms with van der Waals surface area (Å²) in [6.07, 6.45) is 1.49. The van der Waals surface area contributed by atoms with Gasteiger partial charge in [-0.2, -0.15) is 11.8 Å². The molecule has 2 aromatic carbocycles. The molecule has 3 aromatic rings. The molecule has 7 nitrogen and oxygen atoms in total. The number of thiazole rings is 1. The van der Waals surface area contributed by atoms with Gasteiger partial charge in [-0.15, -0.1) is 0 Å². The predicted octanol–water partition coefficient (Wildman–Crippen LogP) is 4.57. The summed E-state index contributed by atoms with van der Waals surface area (Å²) in [5, 5.41) is 11.8. The van der Waals surface area contributed by atoms with Crippen LogP contribution in [-0.2, 0) is 10.5 Å². The van der Waals surface area contributed by atoms with Crippen LogP contribution < -0.4 is 4.90 Å². The predicted molar refractivity (Wildman–Crippen MR) is 127 cm³/mol. The van der Waals surface area contributed by atoms with Gasteiger partial charge in [0.05, 0.1) is 15.1 Å². The maximum Gasteiger partial charge on any atom is 0.270 e. The smallest absolute Gasteiger partial charge is 0.270 e. The zero-order valence-corrected chi connectivity index (χ0v) is 18.7. The summed E-state index contributed by atoms with van der Waals surface area (Å²) >= 11 is 3.34. The number of piperazine rings is 1. The largest absolute Gasteiger partial charge is 0.345 e. The number of fused-ring (bicyclic) bond motifs is 1. The highest BCUT2D eigenvalue weighted by Crippen LogP contribution is 2.31. The first kappa shape index (κ1) is 21.6. The molecule has 0 unspecified atom stereocenters. The Morgan fingerprint density at radius 2 is 1.90 bits per heavy atom. The van der Waals surface area contributed by atoms with Gasteiger partial charge in [0, 0.05) is 50.5 Å². The fourth-order valence-corrected chi connectivity index (χ4v) is 5.52. The van der Waals surface area contributed by atoms with E-state index >= 15 is 0 Å². The van der Waals surface area contributed by atoms with Crippen LogP contribution in [0.3, 0.4) is 0 Å². The number of nitro groups is 1. The molecule has 0 N–H and O–H groups in total. The van der Waals surface area contributed by atoms with Crippen LogP contribution >= 0.6 is 23.1 Å². The molecule has 0 aliphatic carbocycles. The number of carbonyl (C=O) groups is 1. The number of amides is 1. The Hall–Kier alpha value is -2.65. The van der Waals surface area contributed by atoms with E-state index in [-0.39, 0.29) is 16.5 Å². The third kappa shape index (κ3) is 5.54. The average Bonchev–Trinajstić information content (AvgIpc) is 3.23. The molecule has 0 radical (unpaired) electrons. The Bertz CT molecular complexity index is 1050. The van der Waals surface area contributed by atoms with E-state index in [2.05, 4.69) is 34.1 Å². The van der Waals surface area contributed by atoms with Crippen molar-refractivity contribution in [2.45, 2.75) is 18.6 Å². The van der Waals surface area contributed by atoms with Crippen molar-refractivity contribution in [1.82, 2.24) is 9.88 Å². The molecule has 1 saturated heterocycles. The zero-order chi connectivity index (χ0) is 21.6. The highest BCUT2D eigenvalue weighted by molar-refractivity contribution is 7.98. The number of thioether (sulfide) groups is 1. The van der Waals surface area contributed by atoms with E-state index in [1.54, 1.807) is 12.1 Å². The number of hydrogen-bond donors (Lipinski definition) is 0. The van der Waals surface area contributed by atoms with E-state index in [1.165, 1.54) is 23.0 Å². The Labute approximate surface area is 189 Å². The number of aromatic nitrogens is 1. The number of rotatable bonds is 8. The molecular formula is C22H24N4O3S2. The normalized spacial score (nSPS) is 14.2. The van der Waals surface area contributed by atoms with E-state index < -0.39 is 0 Å². The van der Waals surface area contributed by atoms with Crippen LogP contribution in [0.4, 0.5) is 10.8 Å². The highest BCUT2D eigenvalue weighted by Gasteiger charge is 2.23. The second kappa shape index (κ2) is 10.1. The Morgan fingerprint density at radius 1 is 1.13 bits per heavy atom. The number of benzene rings is 2. The van der Waals surface area contributed by atoms with Crippen molar-refractivity contribution in [3.8, 4) is 0 Å². The maximum atomic E-state index is 12.5. The SMILES string of the molecule is O=C(CCCSCc1ccccc1)N1CCN(c2nc3ccc([N+](=O)[O-])cc3s2)CC1. The topological polar surface area (TPSA) is 79.6 Å². The molecule has 1 fully saturated rings. The first-order valence-corrected chi connectivity index (χ1v) is 12.3. The minimum Gasteiger partial charge on any atom is -0.345 e. The lowest BCUT2D eigenvalue weighted by Gasteiger charge is -2.34. The molecule has 1 amide bonds. The third-order valence-electron chi connectivity index (χ3n) is 5.27. The first-order chi connectivity index (χ1) is 15.1. The summed E-state index contributed by atoms with van der Waals surface area (Å²) in [4.78, 5) is 31.8. The lowest BCUT2D eigenvalue weighted by atomic mass is 10.2. The second-order valence-corrected chi connectivity index (χ2v) is 9.53. The average molecular weight is 457 g/mol. The van der Waals surface area contributed by atoms with E-state index in [0.717, 1.165) is 46.4 Å². The van der Waals surface area contributed by atoms with E-state index in [4.69, 9.17) is 0 Å². The molecule has 1 aromatic heterocycles. The van der Waals surface area contributed by atoms with Crippen LogP contribution in [0.5, 0.6) is 0 Å². The molecule has 2 heterocycles. The Balaban J connectivity index is 1.21. The van der Waals surface area contributed by atoms with Gasteiger partial charge in [-0.1, -0.05) is 41.7 Å². The first-order valence-electron chi connectivity index (χ1n) is 10.3. The minimum atomic E-state index is -0.386. The van der Waals surface area contributed by atoms with Crippen molar-refractivity contribution < 1.29 is 9.72 Å². The van der Waals surface area contributed by atoms with Gasteiger partial charge in [-0.05, 0) is 23.8 Å². The standard InChI is InChI=1S/C22H24N4O3S2/c27-21(7-4-14-30-16-17-5-2-1-3-6-17)24-10-12-25(13-11-24)22-23-19-9-8-18(26(28)29)15-20(19)31-22/h1-3,5-6,8-9,15H,4,7,10-14,16H2. The quantitative estimate of drug-likeness (QED) is 0.281. The van der Waals surface area contributed by atoms with Crippen LogP contribution in [0.2, 0.25) is 0 Å². The van der Waals surface area contributed by atoms with Gasteiger partial charge in [0.15, 0.2) is 5.13 Å². The molecule has 0 bridgehead atoms. The summed E-state index contributed by atoms with van der Waals surface area (Å²) in [5.74, 6) is 2.19. The fraction of sp³-hybridized carbons (Fsp3) is 0.364. The lowest BCUT2D eigenvalue weighted by molar-refractivity contribution is -0.384. The van der Waals surface area contributed by atoms with Crippen molar-refractivity contribution in [1.29, 1.82) is 0 Å². The van der Waals surface area contributed by atoms with Crippen molar-refractivity contribution >= 4 is 50.0 Å². The van der Waals surface area contributed by atoms with Crippen molar-refractivity contribution in [2.24, 2.45) is 0 Å². The van der Waals surface area contributed by atoms with Crippen LogP contribution in [0.25, 0.3) is 10.2 Å². The van der Waals surface area contributed by atoms with Crippen molar-refractivity contribution in [3.63, 3.8) is 0 Å². The van der Waals surface area contributed by atoms with Crippen LogP contribution in [0, 0.1) is 10.1 Å². The fourth-order valence-electron chi connectivity index (χ4n) is 3.54. The van der Waals surface area contributed by atoms with Gasteiger partial charge in [0.2, 0.25) is 5.91 Å². The maximum absolute atomic E-state index is 12.5. The number of carbonyl (C=O) groups excluding carboxylic acids is 1. The number of anilines is 1. The Morgan fingerprint density at radius 3 is 2.65 bits per heavy atom. The summed E-state index contributed by atoms with van der Waals surface area (Å²) in [6, 6.07) is 15.1. The molecule has 9 heteroatoms. The van der Waals surface area contributed by atoms with Crippen LogP contribution in [0.15, 0.2) is 48.5 Å². The van der Waals surface area contributed by atoms with Crippen LogP contribution in [0.1, 0.15) is 18.4 Å². The number of nitro benzene ring substituents is 1. The van der Waals surface area contributed by atoms with Gasteiger partial charge in [0.25, 0.3) is 5.69 Å². The summed E-state index contributed by atoms with van der Waals surface area (Å²) in [5.41, 5.74) is 2.18. The molecule has 1 aliphatic heterocycles. The molecule has 162 valence electrons. The summed E-state index contributed by atoms with van der Waals surface area (Å²) < 4.78 is 0.815. The van der Waals surface area contributed by atoms with E-state index in [1.807, 2.05) is 22.7 Å². The molecule has 31 heavy (non-hydrogen) atoms. The Kier molecular flexibility index (Phi) is 7.03. The highest BCUT2D eigenvalue weighted by atomic mass is 32.2. The third-order valence-corrected chi connectivity index (χ3v) is 7.46. The number of nitrogens with zero attached hydrogens (tertiary/aromatic N) is 4. The molecule has 1 aliphatic rings. The van der Waals surface area contributed by atoms with Gasteiger partial charge in [-0.3, -0.25) is 14.9 Å². The minimum absolute atomic E-state index is 0.0834. The molecule has 4 rings (SSSR count). The molecule has 0 saturated carbocycles. The van der Waals surface area contributed by atoms with Crippen LogP contribution in [-0.4, -0.2) is 52.6 Å². The molecular weight excluding hydrogens is 432 g/mol. The van der Waals surface area contributed by atoms with Crippen molar-refractivity contribution in [2.75, 3.05) is 36.8 Å². The summed E-state index contributed by atoms with van der Waals surface area (Å²) in [7, 11) is 0. The second-order valence-electron chi connectivity index (χ2n) is 7.42. The van der Waals surface area contributed by atoms with Gasteiger partial charge in [-0.25, -0.2) is 4.98 Å². The monoisotopic (exact) mass is 456 g/mol. The van der Waals surface area contributed by atoms with Crippen molar-refractivity contribution in [3.05, 3.63) is 64.2 Å².